The van der Waals surface area contributed by atoms with Crippen molar-refractivity contribution in [2.45, 2.75) is 30.5 Å². The van der Waals surface area contributed by atoms with Crippen LogP contribution < -0.4 is 0 Å². The van der Waals surface area contributed by atoms with Crippen molar-refractivity contribution in [1.29, 1.82) is 0 Å². The average Bonchev–Trinajstić information content (AvgIpc) is 3.20. The van der Waals surface area contributed by atoms with Crippen molar-refractivity contribution < 1.29 is 8.42 Å². The van der Waals surface area contributed by atoms with E-state index < -0.39 is 10.0 Å². The highest BCUT2D eigenvalue weighted by Gasteiger charge is 2.30. The van der Waals surface area contributed by atoms with Crippen molar-refractivity contribution in [2.24, 2.45) is 5.92 Å². The minimum Gasteiger partial charge on any atom is -0.207 e. The van der Waals surface area contributed by atoms with Gasteiger partial charge in [-0.25, -0.2) is 8.42 Å². The lowest BCUT2D eigenvalue weighted by molar-refractivity contribution is 0.412. The van der Waals surface area contributed by atoms with Crippen LogP contribution in [0.4, 0.5) is 0 Å². The molecule has 0 aromatic heterocycles. The predicted molar refractivity (Wildman–Crippen MR) is 78.2 cm³/mol. The van der Waals surface area contributed by atoms with Gasteiger partial charge in [0.15, 0.2) is 0 Å². The zero-order valence-corrected chi connectivity index (χ0v) is 13.1. The number of hydrogen-bond donors (Lipinski definition) is 0. The molecule has 1 saturated carbocycles. The Balaban J connectivity index is 2.31. The first-order valence-electron chi connectivity index (χ1n) is 6.33. The molecule has 1 fully saturated rings. The van der Waals surface area contributed by atoms with E-state index in [9.17, 15) is 8.42 Å². The van der Waals surface area contributed by atoms with Crippen molar-refractivity contribution in [3.8, 4) is 0 Å². The number of nitrogens with zero attached hydrogens (tertiary/aromatic N) is 1. The average molecular weight is 322 g/mol. The predicted octanol–water partition coefficient (Wildman–Crippen LogP) is 3.50. The lowest BCUT2D eigenvalue weighted by Crippen LogP contribution is -2.32. The smallest absolute Gasteiger partial charge is 0.207 e. The van der Waals surface area contributed by atoms with Crippen LogP contribution in [-0.2, 0) is 15.9 Å². The van der Waals surface area contributed by atoms with Gasteiger partial charge in [-0.05, 0) is 42.5 Å². The van der Waals surface area contributed by atoms with E-state index >= 15 is 0 Å². The highest BCUT2D eigenvalue weighted by molar-refractivity contribution is 7.89. The Kier molecular flexibility index (Phi) is 4.77. The second kappa shape index (κ2) is 6.00. The molecule has 0 spiro atoms. The van der Waals surface area contributed by atoms with Crippen LogP contribution in [0.25, 0.3) is 0 Å². The van der Waals surface area contributed by atoms with Crippen molar-refractivity contribution in [3.63, 3.8) is 0 Å². The van der Waals surface area contributed by atoms with E-state index in [0.717, 1.165) is 12.8 Å². The topological polar surface area (TPSA) is 37.4 Å². The Morgan fingerprint density at radius 3 is 2.58 bits per heavy atom. The molecule has 6 heteroatoms. The van der Waals surface area contributed by atoms with E-state index in [1.807, 2.05) is 6.92 Å². The molecular weight excluding hydrogens is 305 g/mol. The first-order chi connectivity index (χ1) is 8.98. The summed E-state index contributed by atoms with van der Waals surface area (Å²) in [4.78, 5) is 0.273. The lowest BCUT2D eigenvalue weighted by atomic mass is 10.2. The summed E-state index contributed by atoms with van der Waals surface area (Å²) >= 11 is 11.7. The van der Waals surface area contributed by atoms with Gasteiger partial charge in [-0.3, -0.25) is 0 Å². The van der Waals surface area contributed by atoms with Gasteiger partial charge in [0.05, 0.1) is 4.90 Å². The number of alkyl halides is 1. The van der Waals surface area contributed by atoms with Crippen molar-refractivity contribution in [3.05, 3.63) is 28.8 Å². The van der Waals surface area contributed by atoms with Gasteiger partial charge in [0.2, 0.25) is 10.0 Å². The van der Waals surface area contributed by atoms with Crippen LogP contribution >= 0.6 is 23.2 Å². The largest absolute Gasteiger partial charge is 0.243 e. The molecule has 0 aliphatic heterocycles. The van der Waals surface area contributed by atoms with Gasteiger partial charge < -0.3 is 0 Å². The molecule has 1 aromatic carbocycles. The van der Waals surface area contributed by atoms with Gasteiger partial charge in [-0.15, -0.1) is 11.6 Å². The quantitative estimate of drug-likeness (QED) is 0.752. The third-order valence-corrected chi connectivity index (χ3v) is 5.90. The molecule has 3 nitrogen and oxygen atoms in total. The van der Waals surface area contributed by atoms with Gasteiger partial charge in [0.1, 0.15) is 0 Å². The molecule has 0 bridgehead atoms. The van der Waals surface area contributed by atoms with Gasteiger partial charge in [0, 0.05) is 24.0 Å². The van der Waals surface area contributed by atoms with Crippen molar-refractivity contribution in [2.75, 3.05) is 13.1 Å². The molecular formula is C13H17Cl2NO2S. The number of sulfonamides is 1. The van der Waals surface area contributed by atoms with Gasteiger partial charge in [0.25, 0.3) is 0 Å². The molecule has 2 rings (SSSR count). The molecule has 0 atom stereocenters. The molecule has 0 unspecified atom stereocenters. The normalized spacial score (nSPS) is 16.0. The summed E-state index contributed by atoms with van der Waals surface area (Å²) in [6.45, 7) is 2.95. The summed E-state index contributed by atoms with van der Waals surface area (Å²) in [5.74, 6) is 0.728. The Bertz CT molecular complexity index is 556. The third kappa shape index (κ3) is 3.43. The SMILES string of the molecule is CCN(CC1CC1)S(=O)(=O)c1ccc(Cl)c(CCl)c1. The highest BCUT2D eigenvalue weighted by atomic mass is 35.5. The number of halogens is 2. The maximum absolute atomic E-state index is 12.5. The number of hydrogen-bond acceptors (Lipinski definition) is 2. The summed E-state index contributed by atoms with van der Waals surface area (Å²) in [7, 11) is -3.44. The molecule has 19 heavy (non-hydrogen) atoms. The van der Waals surface area contributed by atoms with Crippen molar-refractivity contribution in [1.82, 2.24) is 4.31 Å². The summed E-state index contributed by atoms with van der Waals surface area (Å²) in [5.41, 5.74) is 0.645. The van der Waals surface area contributed by atoms with E-state index in [-0.39, 0.29) is 10.8 Å². The minimum atomic E-state index is -3.44. The zero-order chi connectivity index (χ0) is 14.0. The maximum atomic E-state index is 12.5. The third-order valence-electron chi connectivity index (χ3n) is 3.31. The minimum absolute atomic E-state index is 0.205. The molecule has 0 N–H and O–H groups in total. The summed E-state index contributed by atoms with van der Waals surface area (Å²) in [6, 6.07) is 4.71. The fourth-order valence-corrected chi connectivity index (χ4v) is 4.00. The van der Waals surface area contributed by atoms with Crippen LogP contribution in [0.5, 0.6) is 0 Å². The Hall–Kier alpha value is -0.290. The molecule has 0 amide bonds. The van der Waals surface area contributed by atoms with E-state index in [2.05, 4.69) is 0 Å². The molecule has 0 saturated heterocycles. The van der Waals surface area contributed by atoms with Crippen LogP contribution in [0.3, 0.4) is 0 Å². The van der Waals surface area contributed by atoms with Gasteiger partial charge >= 0.3 is 0 Å². The second-order valence-electron chi connectivity index (χ2n) is 4.79. The molecule has 1 aliphatic rings. The molecule has 0 radical (unpaired) electrons. The molecule has 0 heterocycles. The van der Waals surface area contributed by atoms with Crippen LogP contribution in [0, 0.1) is 5.92 Å². The highest BCUT2D eigenvalue weighted by Crippen LogP contribution is 2.32. The second-order valence-corrected chi connectivity index (χ2v) is 7.40. The van der Waals surface area contributed by atoms with Crippen molar-refractivity contribution >= 4 is 33.2 Å². The van der Waals surface area contributed by atoms with Crippen LogP contribution in [0.2, 0.25) is 5.02 Å². The fourth-order valence-electron chi connectivity index (χ4n) is 1.95. The first kappa shape index (κ1) is 15.1. The van der Waals surface area contributed by atoms with Crippen LogP contribution in [0.15, 0.2) is 23.1 Å². The van der Waals surface area contributed by atoms with Gasteiger partial charge in [-0.1, -0.05) is 18.5 Å². The Morgan fingerprint density at radius 2 is 2.05 bits per heavy atom. The van der Waals surface area contributed by atoms with E-state index in [0.29, 0.717) is 29.6 Å². The van der Waals surface area contributed by atoms with E-state index in [1.54, 1.807) is 18.2 Å². The molecule has 1 aromatic rings. The summed E-state index contributed by atoms with van der Waals surface area (Å²) in [6.07, 6.45) is 2.25. The maximum Gasteiger partial charge on any atom is 0.243 e. The number of rotatable bonds is 6. The summed E-state index contributed by atoms with van der Waals surface area (Å²) < 4.78 is 26.6. The van der Waals surface area contributed by atoms with E-state index in [1.165, 1.54) is 4.31 Å². The summed E-state index contributed by atoms with van der Waals surface area (Å²) in [5, 5.41) is 0.499. The standard InChI is InChI=1S/C13H17Cl2NO2S/c1-2-16(9-10-3-4-10)19(17,18)12-5-6-13(15)11(7-12)8-14/h5-7,10H,2-4,8-9H2,1H3. The van der Waals surface area contributed by atoms with Crippen LogP contribution in [-0.4, -0.2) is 25.8 Å². The zero-order valence-electron chi connectivity index (χ0n) is 10.8. The molecule has 106 valence electrons. The Morgan fingerprint density at radius 1 is 1.37 bits per heavy atom. The monoisotopic (exact) mass is 321 g/mol. The fraction of sp³-hybridized carbons (Fsp3) is 0.538. The Labute approximate surface area is 124 Å². The molecule has 1 aliphatic carbocycles. The number of benzene rings is 1. The van der Waals surface area contributed by atoms with E-state index in [4.69, 9.17) is 23.2 Å². The van der Waals surface area contributed by atoms with Crippen LogP contribution in [0.1, 0.15) is 25.3 Å². The van der Waals surface area contributed by atoms with Gasteiger partial charge in [-0.2, -0.15) is 4.31 Å². The first-order valence-corrected chi connectivity index (χ1v) is 8.68. The lowest BCUT2D eigenvalue weighted by Gasteiger charge is -2.20.